The Bertz CT molecular complexity index is 404. The summed E-state index contributed by atoms with van der Waals surface area (Å²) in [5, 5.41) is 18.8. The number of benzene rings is 1. The van der Waals surface area contributed by atoms with E-state index >= 15 is 0 Å². The van der Waals surface area contributed by atoms with Crippen molar-refractivity contribution in [2.24, 2.45) is 0 Å². The van der Waals surface area contributed by atoms with Crippen molar-refractivity contribution in [3.05, 3.63) is 28.2 Å². The van der Waals surface area contributed by atoms with Crippen LogP contribution in [0.3, 0.4) is 0 Å². The number of hydrogen-bond acceptors (Lipinski definition) is 3. The minimum absolute atomic E-state index is 0.232. The molecule has 1 rings (SSSR count). The molecule has 0 saturated carbocycles. The van der Waals surface area contributed by atoms with E-state index in [0.29, 0.717) is 10.0 Å². The third-order valence-corrected chi connectivity index (χ3v) is 2.41. The van der Waals surface area contributed by atoms with Crippen LogP contribution >= 0.6 is 23.2 Å². The highest BCUT2D eigenvalue weighted by Crippen LogP contribution is 2.28. The number of aliphatic carboxylic acids is 1. The highest BCUT2D eigenvalue weighted by atomic mass is 35.5. The van der Waals surface area contributed by atoms with E-state index in [0.717, 1.165) is 6.92 Å². The lowest BCUT2D eigenvalue weighted by Gasteiger charge is -2.18. The lowest BCUT2D eigenvalue weighted by atomic mass is 10.1. The molecule has 1 aromatic carbocycles. The number of aliphatic hydroxyl groups is 1. The first-order valence-corrected chi connectivity index (χ1v) is 5.12. The first kappa shape index (κ1) is 13.1. The summed E-state index contributed by atoms with van der Waals surface area (Å²) in [6.07, 6.45) is 0. The Labute approximate surface area is 102 Å². The maximum atomic E-state index is 10.6. The Balaban J connectivity index is 2.75. The van der Waals surface area contributed by atoms with Crippen LogP contribution in [-0.4, -0.2) is 28.4 Å². The molecule has 0 bridgehead atoms. The predicted octanol–water partition coefficient (Wildman–Crippen LogP) is 2.21. The standard InChI is InChI=1S/C10H10Cl2O4/c1-10(15,9(13)14)5-16-8-4-6(11)2-3-7(8)12/h2-4,15H,5H2,1H3,(H,13,14). The number of ether oxygens (including phenoxy) is 1. The molecule has 1 atom stereocenters. The highest BCUT2D eigenvalue weighted by molar-refractivity contribution is 6.34. The third kappa shape index (κ3) is 3.27. The summed E-state index contributed by atoms with van der Waals surface area (Å²) in [5.74, 6) is -1.14. The topological polar surface area (TPSA) is 66.8 Å². The first-order chi connectivity index (χ1) is 7.33. The summed E-state index contributed by atoms with van der Waals surface area (Å²) in [6.45, 7) is 0.718. The molecule has 16 heavy (non-hydrogen) atoms. The van der Waals surface area contributed by atoms with E-state index in [4.69, 9.17) is 33.0 Å². The SMILES string of the molecule is CC(O)(COc1cc(Cl)ccc1Cl)C(=O)O. The Morgan fingerprint density at radius 2 is 2.12 bits per heavy atom. The molecule has 0 aliphatic rings. The summed E-state index contributed by atoms with van der Waals surface area (Å²) in [7, 11) is 0. The molecule has 88 valence electrons. The van der Waals surface area contributed by atoms with Crippen LogP contribution < -0.4 is 4.74 Å². The molecule has 1 unspecified atom stereocenters. The van der Waals surface area contributed by atoms with Crippen LogP contribution in [0.15, 0.2) is 18.2 Å². The average Bonchev–Trinajstić information content (AvgIpc) is 2.19. The zero-order valence-electron chi connectivity index (χ0n) is 8.41. The van der Waals surface area contributed by atoms with Crippen molar-refractivity contribution in [3.8, 4) is 5.75 Å². The molecular weight excluding hydrogens is 255 g/mol. The summed E-state index contributed by atoms with van der Waals surface area (Å²) < 4.78 is 5.10. The van der Waals surface area contributed by atoms with Crippen molar-refractivity contribution in [1.29, 1.82) is 0 Å². The molecule has 0 saturated heterocycles. The quantitative estimate of drug-likeness (QED) is 0.875. The summed E-state index contributed by atoms with van der Waals surface area (Å²) in [6, 6.07) is 4.54. The van der Waals surface area contributed by atoms with Gasteiger partial charge in [-0.3, -0.25) is 0 Å². The fourth-order valence-corrected chi connectivity index (χ4v) is 1.20. The molecule has 0 spiro atoms. The van der Waals surface area contributed by atoms with Gasteiger partial charge in [0, 0.05) is 11.1 Å². The largest absolute Gasteiger partial charge is 0.488 e. The van der Waals surface area contributed by atoms with E-state index in [9.17, 15) is 9.90 Å². The van der Waals surface area contributed by atoms with Crippen molar-refractivity contribution < 1.29 is 19.7 Å². The van der Waals surface area contributed by atoms with Gasteiger partial charge in [0.15, 0.2) is 5.60 Å². The lowest BCUT2D eigenvalue weighted by Crippen LogP contribution is -2.41. The van der Waals surface area contributed by atoms with Gasteiger partial charge in [-0.05, 0) is 19.1 Å². The van der Waals surface area contributed by atoms with Gasteiger partial charge >= 0.3 is 5.97 Å². The van der Waals surface area contributed by atoms with Crippen molar-refractivity contribution in [2.45, 2.75) is 12.5 Å². The van der Waals surface area contributed by atoms with Gasteiger partial charge in [0.05, 0.1) is 5.02 Å². The monoisotopic (exact) mass is 264 g/mol. The number of carboxylic acid groups (broad SMARTS) is 1. The second-order valence-corrected chi connectivity index (χ2v) is 4.29. The van der Waals surface area contributed by atoms with Crippen molar-refractivity contribution in [1.82, 2.24) is 0 Å². The van der Waals surface area contributed by atoms with Crippen molar-refractivity contribution >= 4 is 29.2 Å². The van der Waals surface area contributed by atoms with Gasteiger partial charge in [-0.1, -0.05) is 23.2 Å². The molecular formula is C10H10Cl2O4. The number of carboxylic acids is 1. The van der Waals surface area contributed by atoms with Crippen LogP contribution in [0.1, 0.15) is 6.92 Å². The number of rotatable bonds is 4. The molecule has 0 aromatic heterocycles. The average molecular weight is 265 g/mol. The van der Waals surface area contributed by atoms with Crippen molar-refractivity contribution in [3.63, 3.8) is 0 Å². The van der Waals surface area contributed by atoms with Gasteiger partial charge in [0.25, 0.3) is 0 Å². The third-order valence-electron chi connectivity index (χ3n) is 1.86. The van der Waals surface area contributed by atoms with E-state index in [1.54, 1.807) is 6.07 Å². The minimum atomic E-state index is -1.97. The van der Waals surface area contributed by atoms with E-state index < -0.39 is 18.2 Å². The normalized spacial score (nSPS) is 14.2. The Morgan fingerprint density at radius 1 is 1.50 bits per heavy atom. The molecule has 0 amide bonds. The lowest BCUT2D eigenvalue weighted by molar-refractivity contribution is -0.159. The van der Waals surface area contributed by atoms with Gasteiger partial charge in [-0.15, -0.1) is 0 Å². The van der Waals surface area contributed by atoms with Gasteiger partial charge in [0.2, 0.25) is 0 Å². The maximum Gasteiger partial charge on any atom is 0.339 e. The zero-order chi connectivity index (χ0) is 12.3. The van der Waals surface area contributed by atoms with Gasteiger partial charge in [0.1, 0.15) is 12.4 Å². The molecule has 0 aliphatic heterocycles. The zero-order valence-corrected chi connectivity index (χ0v) is 9.92. The Morgan fingerprint density at radius 3 is 2.69 bits per heavy atom. The Hall–Kier alpha value is -0.970. The minimum Gasteiger partial charge on any atom is -0.488 e. The maximum absolute atomic E-state index is 10.6. The molecule has 6 heteroatoms. The summed E-state index contributed by atoms with van der Waals surface area (Å²) >= 11 is 11.5. The smallest absolute Gasteiger partial charge is 0.339 e. The fraction of sp³-hybridized carbons (Fsp3) is 0.300. The molecule has 2 N–H and O–H groups in total. The summed E-state index contributed by atoms with van der Waals surface area (Å²) in [5.41, 5.74) is -1.97. The van der Waals surface area contributed by atoms with Gasteiger partial charge in [-0.2, -0.15) is 0 Å². The van der Waals surface area contributed by atoms with E-state index in [2.05, 4.69) is 0 Å². The Kier molecular flexibility index (Phi) is 4.02. The molecule has 0 aliphatic carbocycles. The molecule has 0 fully saturated rings. The molecule has 4 nitrogen and oxygen atoms in total. The van der Waals surface area contributed by atoms with Gasteiger partial charge in [-0.25, -0.2) is 4.79 Å². The summed E-state index contributed by atoms with van der Waals surface area (Å²) in [4.78, 5) is 10.6. The van der Waals surface area contributed by atoms with Crippen LogP contribution in [0, 0.1) is 0 Å². The molecule has 0 radical (unpaired) electrons. The predicted molar refractivity (Wildman–Crippen MR) is 60.2 cm³/mol. The van der Waals surface area contributed by atoms with Gasteiger partial charge < -0.3 is 14.9 Å². The number of halogens is 2. The van der Waals surface area contributed by atoms with Crippen LogP contribution in [0.25, 0.3) is 0 Å². The first-order valence-electron chi connectivity index (χ1n) is 4.36. The van der Waals surface area contributed by atoms with Crippen LogP contribution in [0.2, 0.25) is 10.0 Å². The second kappa shape index (κ2) is 4.91. The number of carbonyl (C=O) groups is 1. The van der Waals surface area contributed by atoms with E-state index in [1.165, 1.54) is 12.1 Å². The number of hydrogen-bond donors (Lipinski definition) is 2. The van der Waals surface area contributed by atoms with Crippen LogP contribution in [0.5, 0.6) is 5.75 Å². The molecule has 1 aromatic rings. The second-order valence-electron chi connectivity index (χ2n) is 3.44. The van der Waals surface area contributed by atoms with E-state index in [-0.39, 0.29) is 5.75 Å². The molecule has 0 heterocycles. The fourth-order valence-electron chi connectivity index (χ4n) is 0.868. The highest BCUT2D eigenvalue weighted by Gasteiger charge is 2.31. The van der Waals surface area contributed by atoms with Crippen LogP contribution in [-0.2, 0) is 4.79 Å². The van der Waals surface area contributed by atoms with E-state index in [1.807, 2.05) is 0 Å². The van der Waals surface area contributed by atoms with Crippen LogP contribution in [0.4, 0.5) is 0 Å². The van der Waals surface area contributed by atoms with Crippen molar-refractivity contribution in [2.75, 3.05) is 6.61 Å².